The number of nitrogens with zero attached hydrogens (tertiary/aromatic N) is 3. The highest BCUT2D eigenvalue weighted by Crippen LogP contribution is 2.43. The lowest BCUT2D eigenvalue weighted by Crippen LogP contribution is -2.10. The van der Waals surface area contributed by atoms with E-state index in [0.717, 1.165) is 83.6 Å². The van der Waals surface area contributed by atoms with Crippen LogP contribution in [0.1, 0.15) is 0 Å². The summed E-state index contributed by atoms with van der Waals surface area (Å²) in [6.45, 7) is 0. The van der Waals surface area contributed by atoms with E-state index < -0.39 is 23.3 Å². The van der Waals surface area contributed by atoms with Gasteiger partial charge in [0.05, 0.1) is 33.4 Å². The van der Waals surface area contributed by atoms with Crippen molar-refractivity contribution in [2.75, 3.05) is 4.90 Å². The zero-order valence-electron chi connectivity index (χ0n) is 27.9. The number of anilines is 3. The number of para-hydroxylation sites is 2. The van der Waals surface area contributed by atoms with E-state index in [9.17, 15) is 8.78 Å². The fourth-order valence-corrected chi connectivity index (χ4v) is 7.81. The quantitative estimate of drug-likeness (QED) is 0.163. The van der Waals surface area contributed by atoms with Gasteiger partial charge in [-0.2, -0.15) is 0 Å². The van der Waals surface area contributed by atoms with Crippen LogP contribution in [0.25, 0.3) is 65.8 Å². The largest absolute Gasteiger partial charge is 0.310 e. The summed E-state index contributed by atoms with van der Waals surface area (Å²) in [5, 5.41) is 5.83. The van der Waals surface area contributed by atoms with Crippen LogP contribution in [0.5, 0.6) is 0 Å². The highest BCUT2D eigenvalue weighted by molar-refractivity contribution is 6.12. The molecule has 2 aromatic heterocycles. The Kier molecular flexibility index (Phi) is 6.92. The Morgan fingerprint density at radius 2 is 0.774 bits per heavy atom. The van der Waals surface area contributed by atoms with Gasteiger partial charge in [0.1, 0.15) is 23.3 Å². The minimum Gasteiger partial charge on any atom is -0.310 e. The Morgan fingerprint density at radius 3 is 1.30 bits per heavy atom. The van der Waals surface area contributed by atoms with E-state index >= 15 is 8.78 Å². The van der Waals surface area contributed by atoms with Crippen LogP contribution in [0, 0.1) is 23.3 Å². The summed E-state index contributed by atoms with van der Waals surface area (Å²) < 4.78 is 62.3. The Bertz CT molecular complexity index is 2920. The third kappa shape index (κ3) is 4.88. The molecule has 10 aromatic rings. The molecule has 254 valence electrons. The van der Waals surface area contributed by atoms with Crippen molar-refractivity contribution in [1.82, 2.24) is 9.13 Å². The number of rotatable bonds is 5. The first-order valence-corrected chi connectivity index (χ1v) is 17.2. The summed E-state index contributed by atoms with van der Waals surface area (Å²) in [6.07, 6.45) is 0. The van der Waals surface area contributed by atoms with E-state index in [4.69, 9.17) is 0 Å². The average Bonchev–Trinajstić information content (AvgIpc) is 3.67. The van der Waals surface area contributed by atoms with E-state index in [1.54, 1.807) is 0 Å². The van der Waals surface area contributed by atoms with Crippen molar-refractivity contribution in [3.8, 4) is 11.4 Å². The second-order valence-electron chi connectivity index (χ2n) is 13.2. The minimum atomic E-state index is -0.650. The summed E-state index contributed by atoms with van der Waals surface area (Å²) in [5.41, 5.74) is 6.31. The first-order valence-electron chi connectivity index (χ1n) is 17.2. The van der Waals surface area contributed by atoms with Crippen molar-refractivity contribution in [2.45, 2.75) is 0 Å². The Balaban J connectivity index is 1.23. The van der Waals surface area contributed by atoms with Gasteiger partial charge in [0, 0.05) is 50.7 Å². The predicted octanol–water partition coefficient (Wildman–Crippen LogP) is 13.1. The monoisotopic (exact) mass is 697 g/mol. The number of aromatic nitrogens is 2. The predicted molar refractivity (Wildman–Crippen MR) is 207 cm³/mol. The molecule has 0 saturated heterocycles. The molecule has 0 amide bonds. The van der Waals surface area contributed by atoms with Crippen LogP contribution in [0.2, 0.25) is 0 Å². The summed E-state index contributed by atoms with van der Waals surface area (Å²) in [5.74, 6) is -2.57. The van der Waals surface area contributed by atoms with Crippen molar-refractivity contribution in [2.24, 2.45) is 0 Å². The molecule has 8 aromatic carbocycles. The highest BCUT2D eigenvalue weighted by atomic mass is 19.1. The molecule has 0 bridgehead atoms. The van der Waals surface area contributed by atoms with Crippen LogP contribution in [-0.4, -0.2) is 9.13 Å². The maximum absolute atomic E-state index is 15.3. The van der Waals surface area contributed by atoms with E-state index in [1.807, 2.05) is 94.1 Å². The number of halogens is 4. The lowest BCUT2D eigenvalue weighted by molar-refractivity contribution is 0.578. The molecule has 7 heteroatoms. The van der Waals surface area contributed by atoms with Crippen molar-refractivity contribution < 1.29 is 17.6 Å². The van der Waals surface area contributed by atoms with Gasteiger partial charge in [-0.3, -0.25) is 0 Å². The highest BCUT2D eigenvalue weighted by Gasteiger charge is 2.21. The van der Waals surface area contributed by atoms with Crippen LogP contribution < -0.4 is 4.90 Å². The zero-order valence-corrected chi connectivity index (χ0v) is 27.9. The van der Waals surface area contributed by atoms with Gasteiger partial charge >= 0.3 is 0 Å². The fraction of sp³-hybridized carbons (Fsp3) is 0. The molecule has 0 spiro atoms. The first-order chi connectivity index (χ1) is 25.9. The lowest BCUT2D eigenvalue weighted by atomic mass is 10.1. The number of fused-ring (bicyclic) bond motifs is 7. The van der Waals surface area contributed by atoms with Gasteiger partial charge in [-0.1, -0.05) is 66.7 Å². The number of hydrogen-bond acceptors (Lipinski definition) is 1. The summed E-state index contributed by atoms with van der Waals surface area (Å²) in [6, 6.07) is 49.6. The van der Waals surface area contributed by atoms with Gasteiger partial charge in [-0.15, -0.1) is 0 Å². The third-order valence-electron chi connectivity index (χ3n) is 10.1. The second kappa shape index (κ2) is 11.9. The third-order valence-corrected chi connectivity index (χ3v) is 10.1. The molecule has 0 aliphatic carbocycles. The standard InChI is InChI=1S/C46H27F4N3/c47-30-14-19-45(39(49)24-30)52-41-11-5-3-9-35(41)37-26-33(17-21-43(37)52)51(32-16-13-28-7-1-2-8-29(28)23-32)34-18-22-44-38(27-34)36-10-4-6-12-42(36)53(44)46-20-15-31(48)25-40(46)50/h1-27H. The van der Waals surface area contributed by atoms with E-state index in [0.29, 0.717) is 0 Å². The van der Waals surface area contributed by atoms with Crippen molar-refractivity contribution >= 4 is 71.4 Å². The maximum Gasteiger partial charge on any atom is 0.150 e. The molecular weight excluding hydrogens is 671 g/mol. The van der Waals surface area contributed by atoms with Crippen molar-refractivity contribution in [3.63, 3.8) is 0 Å². The molecule has 0 unspecified atom stereocenters. The fourth-order valence-electron chi connectivity index (χ4n) is 7.81. The van der Waals surface area contributed by atoms with E-state index in [-0.39, 0.29) is 11.4 Å². The number of benzene rings is 8. The van der Waals surface area contributed by atoms with Gasteiger partial charge in [0.25, 0.3) is 0 Å². The molecule has 0 radical (unpaired) electrons. The Morgan fingerprint density at radius 1 is 0.340 bits per heavy atom. The topological polar surface area (TPSA) is 13.1 Å². The molecule has 0 aliphatic rings. The van der Waals surface area contributed by atoms with E-state index in [2.05, 4.69) is 47.4 Å². The Hall–Kier alpha value is -6.86. The molecule has 0 saturated carbocycles. The van der Waals surface area contributed by atoms with Crippen LogP contribution in [0.4, 0.5) is 34.6 Å². The average molecular weight is 698 g/mol. The van der Waals surface area contributed by atoms with Crippen LogP contribution in [-0.2, 0) is 0 Å². The molecular formula is C46H27F4N3. The van der Waals surface area contributed by atoms with E-state index in [1.165, 1.54) is 24.3 Å². The SMILES string of the molecule is Fc1ccc(-n2c3ccccc3c3cc(N(c4ccc5ccccc5c4)c4ccc5c(c4)c4ccccc4n5-c4ccc(F)cc4F)ccc32)c(F)c1. The van der Waals surface area contributed by atoms with Crippen LogP contribution >= 0.6 is 0 Å². The first kappa shape index (κ1) is 30.9. The van der Waals surface area contributed by atoms with Crippen molar-refractivity contribution in [1.29, 1.82) is 0 Å². The molecule has 53 heavy (non-hydrogen) atoms. The molecule has 3 nitrogen and oxygen atoms in total. The molecule has 10 rings (SSSR count). The smallest absolute Gasteiger partial charge is 0.150 e. The zero-order chi connectivity index (χ0) is 35.8. The van der Waals surface area contributed by atoms with Gasteiger partial charge in [-0.05, 0) is 95.7 Å². The minimum absolute atomic E-state index is 0.260. The van der Waals surface area contributed by atoms with Gasteiger partial charge in [-0.25, -0.2) is 17.6 Å². The van der Waals surface area contributed by atoms with Crippen LogP contribution in [0.3, 0.4) is 0 Å². The van der Waals surface area contributed by atoms with Crippen molar-refractivity contribution in [3.05, 3.63) is 187 Å². The molecule has 2 heterocycles. The second-order valence-corrected chi connectivity index (χ2v) is 13.2. The van der Waals surface area contributed by atoms with Crippen LogP contribution in [0.15, 0.2) is 164 Å². The lowest BCUT2D eigenvalue weighted by Gasteiger charge is -2.26. The van der Waals surface area contributed by atoms with Gasteiger partial charge in [0.15, 0.2) is 0 Å². The van der Waals surface area contributed by atoms with Gasteiger partial charge in [0.2, 0.25) is 0 Å². The normalized spacial score (nSPS) is 11.8. The van der Waals surface area contributed by atoms with Gasteiger partial charge < -0.3 is 14.0 Å². The molecule has 0 N–H and O–H groups in total. The summed E-state index contributed by atoms with van der Waals surface area (Å²) in [7, 11) is 0. The summed E-state index contributed by atoms with van der Waals surface area (Å²) in [4.78, 5) is 2.18. The maximum atomic E-state index is 15.3. The molecule has 0 fully saturated rings. The molecule has 0 aliphatic heterocycles. The number of hydrogen-bond donors (Lipinski definition) is 0. The summed E-state index contributed by atoms with van der Waals surface area (Å²) >= 11 is 0. The molecule has 0 atom stereocenters. The Labute approximate surface area is 300 Å².